The van der Waals surface area contributed by atoms with E-state index in [0.29, 0.717) is 23.9 Å². The Morgan fingerprint density at radius 1 is 1.37 bits per heavy atom. The third-order valence-corrected chi connectivity index (χ3v) is 5.68. The molecule has 2 heterocycles. The minimum Gasteiger partial charge on any atom is -0.360 e. The van der Waals surface area contributed by atoms with Gasteiger partial charge in [0, 0.05) is 13.6 Å². The van der Waals surface area contributed by atoms with E-state index in [1.165, 1.54) is 4.31 Å². The van der Waals surface area contributed by atoms with Crippen molar-refractivity contribution in [1.29, 1.82) is 0 Å². The average Bonchev–Trinajstić information content (AvgIpc) is 2.70. The van der Waals surface area contributed by atoms with Crippen molar-refractivity contribution in [2.24, 2.45) is 5.92 Å². The summed E-state index contributed by atoms with van der Waals surface area (Å²) in [4.78, 5) is 0.212. The first-order valence-electron chi connectivity index (χ1n) is 6.53. The fourth-order valence-electron chi connectivity index (χ4n) is 2.52. The number of hydrogen-bond donors (Lipinski definition) is 1. The van der Waals surface area contributed by atoms with E-state index in [4.69, 9.17) is 4.52 Å². The van der Waals surface area contributed by atoms with Gasteiger partial charge in [0.2, 0.25) is 10.0 Å². The molecule has 19 heavy (non-hydrogen) atoms. The van der Waals surface area contributed by atoms with Gasteiger partial charge in [0.05, 0.1) is 0 Å². The molecule has 0 unspecified atom stereocenters. The van der Waals surface area contributed by atoms with E-state index in [1.54, 1.807) is 20.9 Å². The number of aryl methyl sites for hydroxylation is 2. The third kappa shape index (κ3) is 2.98. The maximum atomic E-state index is 12.5. The largest absolute Gasteiger partial charge is 0.360 e. The molecule has 2 rings (SSSR count). The fourth-order valence-corrected chi connectivity index (χ4v) is 4.05. The van der Waals surface area contributed by atoms with Gasteiger partial charge < -0.3 is 9.84 Å². The summed E-state index contributed by atoms with van der Waals surface area (Å²) in [6.45, 7) is 5.76. The van der Waals surface area contributed by atoms with Gasteiger partial charge in [-0.15, -0.1) is 0 Å². The molecule has 1 aliphatic rings. The van der Waals surface area contributed by atoms with Crippen LogP contribution in [0, 0.1) is 19.8 Å². The lowest BCUT2D eigenvalue weighted by atomic mass is 9.98. The Hall–Kier alpha value is -0.920. The fraction of sp³-hybridized carbons (Fsp3) is 0.750. The monoisotopic (exact) mass is 287 g/mol. The quantitative estimate of drug-likeness (QED) is 0.891. The first-order valence-corrected chi connectivity index (χ1v) is 7.97. The van der Waals surface area contributed by atoms with Crippen molar-refractivity contribution in [3.8, 4) is 0 Å². The lowest BCUT2D eigenvalue weighted by molar-refractivity contribution is 0.310. The Morgan fingerprint density at radius 2 is 2.00 bits per heavy atom. The summed E-state index contributed by atoms with van der Waals surface area (Å²) in [6, 6.07) is 0. The van der Waals surface area contributed by atoms with Gasteiger partial charge >= 0.3 is 0 Å². The van der Waals surface area contributed by atoms with Gasteiger partial charge in [0.25, 0.3) is 0 Å². The Balaban J connectivity index is 2.15. The molecular weight excluding hydrogens is 266 g/mol. The molecule has 0 aliphatic carbocycles. The molecule has 1 aromatic rings. The van der Waals surface area contributed by atoms with Crippen LogP contribution in [0.5, 0.6) is 0 Å². The van der Waals surface area contributed by atoms with Crippen molar-refractivity contribution >= 4 is 10.0 Å². The number of nitrogens with one attached hydrogen (secondary N) is 1. The lowest BCUT2D eigenvalue weighted by Crippen LogP contribution is -2.37. The van der Waals surface area contributed by atoms with Crippen LogP contribution >= 0.6 is 0 Å². The molecule has 6 nitrogen and oxygen atoms in total. The molecule has 7 heteroatoms. The number of hydrogen-bond acceptors (Lipinski definition) is 5. The topological polar surface area (TPSA) is 75.4 Å². The van der Waals surface area contributed by atoms with Crippen molar-refractivity contribution in [3.63, 3.8) is 0 Å². The molecule has 0 saturated carbocycles. The van der Waals surface area contributed by atoms with E-state index in [2.05, 4.69) is 10.5 Å². The van der Waals surface area contributed by atoms with Crippen molar-refractivity contribution in [1.82, 2.24) is 14.8 Å². The average molecular weight is 287 g/mol. The van der Waals surface area contributed by atoms with Gasteiger partial charge in [-0.2, -0.15) is 0 Å². The summed E-state index contributed by atoms with van der Waals surface area (Å²) < 4.78 is 31.4. The molecule has 1 saturated heterocycles. The summed E-state index contributed by atoms with van der Waals surface area (Å²) in [6.07, 6.45) is 2.03. The van der Waals surface area contributed by atoms with Gasteiger partial charge in [0.15, 0.2) is 5.76 Å². The molecule has 108 valence electrons. The minimum atomic E-state index is -3.50. The Bertz CT molecular complexity index is 513. The zero-order valence-electron chi connectivity index (χ0n) is 11.6. The second-order valence-corrected chi connectivity index (χ2v) is 7.11. The Kier molecular flexibility index (Phi) is 4.27. The summed E-state index contributed by atoms with van der Waals surface area (Å²) in [5.74, 6) is 0.774. The first kappa shape index (κ1) is 14.5. The molecule has 0 spiro atoms. The predicted octanol–water partition coefficient (Wildman–Crippen LogP) is 0.912. The maximum absolute atomic E-state index is 12.5. The van der Waals surface area contributed by atoms with Crippen LogP contribution in [0.15, 0.2) is 9.42 Å². The molecule has 1 aromatic heterocycles. The second-order valence-electron chi connectivity index (χ2n) is 5.13. The molecule has 0 bridgehead atoms. The maximum Gasteiger partial charge on any atom is 0.248 e. The summed E-state index contributed by atoms with van der Waals surface area (Å²) in [7, 11) is -1.87. The summed E-state index contributed by atoms with van der Waals surface area (Å²) in [5.41, 5.74) is 0.426. The van der Waals surface area contributed by atoms with Crippen LogP contribution in [0.3, 0.4) is 0 Å². The van der Waals surface area contributed by atoms with Crippen molar-refractivity contribution in [3.05, 3.63) is 11.5 Å². The smallest absolute Gasteiger partial charge is 0.248 e. The highest BCUT2D eigenvalue weighted by molar-refractivity contribution is 7.89. The Labute approximate surface area is 114 Å². The highest BCUT2D eigenvalue weighted by Crippen LogP contribution is 2.24. The third-order valence-electron chi connectivity index (χ3n) is 3.61. The van der Waals surface area contributed by atoms with Crippen LogP contribution in [0.25, 0.3) is 0 Å². The van der Waals surface area contributed by atoms with Crippen LogP contribution < -0.4 is 5.32 Å². The van der Waals surface area contributed by atoms with E-state index in [-0.39, 0.29) is 4.90 Å². The SMILES string of the molecule is Cc1noc(C)c1S(=O)(=O)N(C)CC1CCNCC1. The molecular formula is C12H21N3O3S. The van der Waals surface area contributed by atoms with Crippen molar-refractivity contribution < 1.29 is 12.9 Å². The van der Waals surface area contributed by atoms with Gasteiger partial charge in [-0.1, -0.05) is 5.16 Å². The van der Waals surface area contributed by atoms with Gasteiger partial charge in [-0.25, -0.2) is 12.7 Å². The Morgan fingerprint density at radius 3 is 2.53 bits per heavy atom. The zero-order valence-corrected chi connectivity index (χ0v) is 12.5. The standard InChI is InChI=1S/C12H21N3O3S/c1-9-12(10(2)18-14-9)19(16,17)15(3)8-11-4-6-13-7-5-11/h11,13H,4-8H2,1-3H3. The minimum absolute atomic E-state index is 0.212. The molecule has 1 aliphatic heterocycles. The van der Waals surface area contributed by atoms with E-state index in [0.717, 1.165) is 25.9 Å². The number of nitrogens with zero attached hydrogens (tertiary/aromatic N) is 2. The molecule has 0 amide bonds. The van der Waals surface area contributed by atoms with Crippen molar-refractivity contribution in [2.45, 2.75) is 31.6 Å². The highest BCUT2D eigenvalue weighted by atomic mass is 32.2. The van der Waals surface area contributed by atoms with Crippen LogP contribution in [0.1, 0.15) is 24.3 Å². The van der Waals surface area contributed by atoms with Crippen LogP contribution in [0.2, 0.25) is 0 Å². The van der Waals surface area contributed by atoms with Gasteiger partial charge in [0.1, 0.15) is 10.6 Å². The van der Waals surface area contributed by atoms with Crippen molar-refractivity contribution in [2.75, 3.05) is 26.7 Å². The molecule has 0 aromatic carbocycles. The predicted molar refractivity (Wildman–Crippen MR) is 71.4 cm³/mol. The number of piperidine rings is 1. The molecule has 0 atom stereocenters. The van der Waals surface area contributed by atoms with E-state index >= 15 is 0 Å². The lowest BCUT2D eigenvalue weighted by Gasteiger charge is -2.27. The number of sulfonamides is 1. The normalized spacial score (nSPS) is 18.1. The van der Waals surface area contributed by atoms with E-state index in [1.807, 2.05) is 0 Å². The van der Waals surface area contributed by atoms with Crippen LogP contribution in [0.4, 0.5) is 0 Å². The van der Waals surface area contributed by atoms with E-state index < -0.39 is 10.0 Å². The molecule has 1 fully saturated rings. The summed E-state index contributed by atoms with van der Waals surface area (Å²) >= 11 is 0. The number of rotatable bonds is 4. The number of aromatic nitrogens is 1. The highest BCUT2D eigenvalue weighted by Gasteiger charge is 2.30. The zero-order chi connectivity index (χ0) is 14.0. The second kappa shape index (κ2) is 5.60. The molecule has 0 radical (unpaired) electrons. The van der Waals surface area contributed by atoms with Gasteiger partial charge in [-0.05, 0) is 45.7 Å². The summed E-state index contributed by atoms with van der Waals surface area (Å²) in [5, 5.41) is 7.00. The van der Waals surface area contributed by atoms with E-state index in [9.17, 15) is 8.42 Å². The first-order chi connectivity index (χ1) is 8.93. The van der Waals surface area contributed by atoms with Gasteiger partial charge in [-0.3, -0.25) is 0 Å². The molecule has 1 N–H and O–H groups in total. The van der Waals surface area contributed by atoms with Crippen LogP contribution in [-0.4, -0.2) is 44.6 Å². The van der Waals surface area contributed by atoms with Crippen LogP contribution in [-0.2, 0) is 10.0 Å².